The van der Waals surface area contributed by atoms with Gasteiger partial charge in [-0.1, -0.05) is 18.2 Å². The number of hydrogen-bond donors (Lipinski definition) is 2. The number of rotatable bonds is 6. The zero-order chi connectivity index (χ0) is 13.5. The zero-order valence-electron chi connectivity index (χ0n) is 11.3. The van der Waals surface area contributed by atoms with Crippen molar-refractivity contribution in [3.8, 4) is 0 Å². The molecule has 100 valence electrons. The van der Waals surface area contributed by atoms with Crippen LogP contribution in [-0.4, -0.2) is 16.7 Å². The van der Waals surface area contributed by atoms with Crippen LogP contribution in [-0.2, 0) is 13.0 Å². The van der Waals surface area contributed by atoms with Crippen LogP contribution in [0, 0.1) is 6.92 Å². The van der Waals surface area contributed by atoms with Crippen molar-refractivity contribution in [3.63, 3.8) is 0 Å². The first-order valence-electron chi connectivity index (χ1n) is 6.63. The third-order valence-electron chi connectivity index (χ3n) is 3.00. The lowest BCUT2D eigenvalue weighted by atomic mass is 10.1. The van der Waals surface area contributed by atoms with Crippen molar-refractivity contribution in [1.82, 2.24) is 4.98 Å². The quantitative estimate of drug-likeness (QED) is 0.835. The number of benzene rings is 1. The normalized spacial score (nSPS) is 10.4. The molecule has 0 saturated heterocycles. The number of aryl methyl sites for hydroxylation is 2. The molecule has 0 radical (unpaired) electrons. The van der Waals surface area contributed by atoms with Crippen molar-refractivity contribution in [2.75, 3.05) is 11.9 Å². The van der Waals surface area contributed by atoms with Gasteiger partial charge in [0.05, 0.1) is 12.2 Å². The van der Waals surface area contributed by atoms with Gasteiger partial charge in [-0.05, 0) is 49.1 Å². The molecule has 0 saturated carbocycles. The first kappa shape index (κ1) is 13.6. The Balaban J connectivity index is 1.93. The van der Waals surface area contributed by atoms with Gasteiger partial charge in [-0.25, -0.2) is 0 Å². The van der Waals surface area contributed by atoms with Gasteiger partial charge in [-0.15, -0.1) is 0 Å². The molecular formula is C16H20N2O. The van der Waals surface area contributed by atoms with E-state index in [2.05, 4.69) is 34.6 Å². The molecule has 0 spiro atoms. The Morgan fingerprint density at radius 1 is 1.21 bits per heavy atom. The van der Waals surface area contributed by atoms with Gasteiger partial charge in [0.25, 0.3) is 0 Å². The molecule has 2 rings (SSSR count). The predicted molar refractivity (Wildman–Crippen MR) is 78.1 cm³/mol. The largest absolute Gasteiger partial charge is 0.396 e. The Labute approximate surface area is 114 Å². The van der Waals surface area contributed by atoms with Crippen LogP contribution >= 0.6 is 0 Å². The molecule has 0 aliphatic rings. The number of aromatic nitrogens is 1. The fourth-order valence-corrected chi connectivity index (χ4v) is 1.92. The van der Waals surface area contributed by atoms with Crippen LogP contribution in [0.1, 0.15) is 23.2 Å². The molecule has 0 bridgehead atoms. The van der Waals surface area contributed by atoms with Gasteiger partial charge in [0.2, 0.25) is 0 Å². The highest BCUT2D eigenvalue weighted by atomic mass is 16.2. The molecule has 1 aromatic heterocycles. The standard InChI is InChI=1S/C16H20N2O/c1-13-7-8-16(17-11-13)12-18-15-6-2-4-14(10-15)5-3-9-19/h2,4,6-8,10-11,18-19H,3,5,9,12H2,1H3. The average molecular weight is 256 g/mol. The third kappa shape index (κ3) is 4.38. The summed E-state index contributed by atoms with van der Waals surface area (Å²) in [5, 5.41) is 12.2. The smallest absolute Gasteiger partial charge is 0.0594 e. The van der Waals surface area contributed by atoms with E-state index in [1.54, 1.807) is 0 Å². The maximum atomic E-state index is 8.85. The summed E-state index contributed by atoms with van der Waals surface area (Å²) in [6, 6.07) is 12.4. The lowest BCUT2D eigenvalue weighted by molar-refractivity contribution is 0.288. The van der Waals surface area contributed by atoms with Gasteiger partial charge in [-0.2, -0.15) is 0 Å². The molecule has 3 heteroatoms. The fourth-order valence-electron chi connectivity index (χ4n) is 1.92. The Kier molecular flexibility index (Phi) is 4.93. The molecule has 0 aliphatic carbocycles. The molecule has 0 amide bonds. The topological polar surface area (TPSA) is 45.1 Å². The van der Waals surface area contributed by atoms with Gasteiger partial charge >= 0.3 is 0 Å². The minimum absolute atomic E-state index is 0.241. The predicted octanol–water partition coefficient (Wildman–Crippen LogP) is 2.93. The molecular weight excluding hydrogens is 236 g/mol. The minimum atomic E-state index is 0.241. The molecule has 1 heterocycles. The Hall–Kier alpha value is -1.87. The van der Waals surface area contributed by atoms with Gasteiger partial charge in [0, 0.05) is 18.5 Å². The third-order valence-corrected chi connectivity index (χ3v) is 3.00. The second-order valence-corrected chi connectivity index (χ2v) is 4.71. The Morgan fingerprint density at radius 3 is 2.84 bits per heavy atom. The molecule has 0 atom stereocenters. The Morgan fingerprint density at radius 2 is 2.11 bits per heavy atom. The lowest BCUT2D eigenvalue weighted by Crippen LogP contribution is -2.02. The maximum absolute atomic E-state index is 8.85. The van der Waals surface area contributed by atoms with E-state index in [1.165, 1.54) is 11.1 Å². The van der Waals surface area contributed by atoms with Crippen molar-refractivity contribution in [1.29, 1.82) is 0 Å². The van der Waals surface area contributed by atoms with E-state index < -0.39 is 0 Å². The second kappa shape index (κ2) is 6.90. The summed E-state index contributed by atoms with van der Waals surface area (Å²) in [4.78, 5) is 4.37. The average Bonchev–Trinajstić information content (AvgIpc) is 2.45. The minimum Gasteiger partial charge on any atom is -0.396 e. The number of nitrogens with one attached hydrogen (secondary N) is 1. The van der Waals surface area contributed by atoms with Crippen LogP contribution in [0.5, 0.6) is 0 Å². The molecule has 2 aromatic rings. The number of aliphatic hydroxyl groups excluding tert-OH is 1. The first-order valence-corrected chi connectivity index (χ1v) is 6.63. The van der Waals surface area contributed by atoms with Crippen molar-refractivity contribution in [2.24, 2.45) is 0 Å². The summed E-state index contributed by atoms with van der Waals surface area (Å²) in [7, 11) is 0. The summed E-state index contributed by atoms with van der Waals surface area (Å²) in [6.45, 7) is 3.00. The van der Waals surface area contributed by atoms with Crippen molar-refractivity contribution in [3.05, 3.63) is 59.4 Å². The number of nitrogens with zero attached hydrogens (tertiary/aromatic N) is 1. The molecule has 19 heavy (non-hydrogen) atoms. The monoisotopic (exact) mass is 256 g/mol. The van der Waals surface area contributed by atoms with Crippen molar-refractivity contribution >= 4 is 5.69 Å². The fraction of sp³-hybridized carbons (Fsp3) is 0.312. The highest BCUT2D eigenvalue weighted by Gasteiger charge is 1.98. The lowest BCUT2D eigenvalue weighted by Gasteiger charge is -2.08. The van der Waals surface area contributed by atoms with Crippen LogP contribution < -0.4 is 5.32 Å². The van der Waals surface area contributed by atoms with E-state index in [0.717, 1.165) is 30.8 Å². The molecule has 2 N–H and O–H groups in total. The van der Waals surface area contributed by atoms with Crippen molar-refractivity contribution < 1.29 is 5.11 Å². The Bertz CT molecular complexity index is 508. The van der Waals surface area contributed by atoms with Crippen molar-refractivity contribution in [2.45, 2.75) is 26.3 Å². The highest BCUT2D eigenvalue weighted by Crippen LogP contribution is 2.13. The molecule has 3 nitrogen and oxygen atoms in total. The van der Waals surface area contributed by atoms with E-state index in [0.29, 0.717) is 0 Å². The summed E-state index contributed by atoms with van der Waals surface area (Å²) in [6.07, 6.45) is 3.60. The number of anilines is 1. The van der Waals surface area contributed by atoms with Crippen LogP contribution in [0.3, 0.4) is 0 Å². The van der Waals surface area contributed by atoms with E-state index in [9.17, 15) is 0 Å². The summed E-state index contributed by atoms with van der Waals surface area (Å²) in [5.41, 5.74) is 4.55. The summed E-state index contributed by atoms with van der Waals surface area (Å²) in [5.74, 6) is 0. The first-order chi connectivity index (χ1) is 9.28. The molecule has 1 aromatic carbocycles. The van der Waals surface area contributed by atoms with Gasteiger partial charge in [0.1, 0.15) is 0 Å². The molecule has 0 unspecified atom stereocenters. The van der Waals surface area contributed by atoms with Crippen LogP contribution in [0.15, 0.2) is 42.6 Å². The van der Waals surface area contributed by atoms with Crippen LogP contribution in [0.2, 0.25) is 0 Å². The second-order valence-electron chi connectivity index (χ2n) is 4.71. The number of hydrogen-bond acceptors (Lipinski definition) is 3. The van der Waals surface area contributed by atoms with Gasteiger partial charge < -0.3 is 10.4 Å². The summed E-state index contributed by atoms with van der Waals surface area (Å²) < 4.78 is 0. The highest BCUT2D eigenvalue weighted by molar-refractivity contribution is 5.46. The van der Waals surface area contributed by atoms with Crippen LogP contribution in [0.25, 0.3) is 0 Å². The van der Waals surface area contributed by atoms with E-state index in [1.807, 2.05) is 25.3 Å². The summed E-state index contributed by atoms with van der Waals surface area (Å²) >= 11 is 0. The van der Waals surface area contributed by atoms with E-state index >= 15 is 0 Å². The van der Waals surface area contributed by atoms with Crippen LogP contribution in [0.4, 0.5) is 5.69 Å². The zero-order valence-corrected chi connectivity index (χ0v) is 11.3. The van der Waals surface area contributed by atoms with E-state index in [4.69, 9.17) is 5.11 Å². The number of pyridine rings is 1. The SMILES string of the molecule is Cc1ccc(CNc2cccc(CCCO)c2)nc1. The number of aliphatic hydroxyl groups is 1. The maximum Gasteiger partial charge on any atom is 0.0594 e. The van der Waals surface area contributed by atoms with E-state index in [-0.39, 0.29) is 6.61 Å². The van der Waals surface area contributed by atoms with Gasteiger partial charge in [0.15, 0.2) is 0 Å². The molecule has 0 aliphatic heterocycles. The molecule has 0 fully saturated rings. The van der Waals surface area contributed by atoms with Gasteiger partial charge in [-0.3, -0.25) is 4.98 Å².